The molecule has 3 heterocycles. The van der Waals surface area contributed by atoms with Crippen LogP contribution in [-0.4, -0.2) is 32.2 Å². The molecule has 102 valence electrons. The number of hydrogen-bond donors (Lipinski definition) is 0. The van der Waals surface area contributed by atoms with Gasteiger partial charge < -0.3 is 4.90 Å². The summed E-state index contributed by atoms with van der Waals surface area (Å²) in [4.78, 5) is 22.9. The molecule has 0 saturated carbocycles. The van der Waals surface area contributed by atoms with Crippen molar-refractivity contribution in [3.8, 4) is 0 Å². The van der Waals surface area contributed by atoms with Crippen molar-refractivity contribution in [2.45, 2.75) is 19.8 Å². The van der Waals surface area contributed by atoms with Gasteiger partial charge in [0.2, 0.25) is 0 Å². The average molecular weight is 261 g/mol. The van der Waals surface area contributed by atoms with Gasteiger partial charge in [-0.2, -0.15) is 0 Å². The van der Waals surface area contributed by atoms with E-state index in [0.29, 0.717) is 5.65 Å². The molecule has 6 heteroatoms. The normalized spacial score (nSPS) is 17.3. The standard InChI is InChI=1S/C13H19N5O/c1-9-4-6-18(7-5-9)12-10-11(14-8-15-12)17(3)13(19)16(10)2/h8-9H,4-7H2,1-3H3. The van der Waals surface area contributed by atoms with Gasteiger partial charge in [-0.15, -0.1) is 0 Å². The van der Waals surface area contributed by atoms with Crippen LogP contribution < -0.4 is 10.6 Å². The monoisotopic (exact) mass is 261 g/mol. The Labute approximate surface area is 111 Å². The van der Waals surface area contributed by atoms with Gasteiger partial charge in [-0.25, -0.2) is 14.8 Å². The number of aromatic nitrogens is 4. The lowest BCUT2D eigenvalue weighted by atomic mass is 9.99. The topological polar surface area (TPSA) is 56.0 Å². The molecule has 0 aliphatic carbocycles. The van der Waals surface area contributed by atoms with Gasteiger partial charge in [0.05, 0.1) is 0 Å². The van der Waals surface area contributed by atoms with E-state index >= 15 is 0 Å². The summed E-state index contributed by atoms with van der Waals surface area (Å²) < 4.78 is 3.22. The van der Waals surface area contributed by atoms with Gasteiger partial charge >= 0.3 is 5.69 Å². The molecule has 0 bridgehead atoms. The van der Waals surface area contributed by atoms with E-state index in [-0.39, 0.29) is 5.69 Å². The van der Waals surface area contributed by atoms with Gasteiger partial charge in [0.15, 0.2) is 11.5 Å². The first-order valence-electron chi connectivity index (χ1n) is 6.71. The third-order valence-corrected chi connectivity index (χ3v) is 4.09. The van der Waals surface area contributed by atoms with Gasteiger partial charge in [-0.05, 0) is 18.8 Å². The zero-order chi connectivity index (χ0) is 13.6. The van der Waals surface area contributed by atoms with Crippen molar-refractivity contribution >= 4 is 17.0 Å². The smallest absolute Gasteiger partial charge is 0.329 e. The van der Waals surface area contributed by atoms with Gasteiger partial charge in [0.25, 0.3) is 0 Å². The molecule has 0 radical (unpaired) electrons. The lowest BCUT2D eigenvalue weighted by Crippen LogP contribution is -2.33. The Kier molecular flexibility index (Phi) is 2.80. The average Bonchev–Trinajstić information content (AvgIpc) is 2.65. The summed E-state index contributed by atoms with van der Waals surface area (Å²) in [5.41, 5.74) is 1.49. The summed E-state index contributed by atoms with van der Waals surface area (Å²) in [6, 6.07) is 0. The minimum Gasteiger partial charge on any atom is -0.355 e. The van der Waals surface area contributed by atoms with Crippen LogP contribution in [0.15, 0.2) is 11.1 Å². The molecular weight excluding hydrogens is 242 g/mol. The Morgan fingerprint density at radius 1 is 1.16 bits per heavy atom. The molecule has 0 unspecified atom stereocenters. The number of hydrogen-bond acceptors (Lipinski definition) is 4. The lowest BCUT2D eigenvalue weighted by molar-refractivity contribution is 0.437. The summed E-state index contributed by atoms with van der Waals surface area (Å²) in [5.74, 6) is 1.66. The number of piperidine rings is 1. The second kappa shape index (κ2) is 4.36. The number of rotatable bonds is 1. The molecule has 1 saturated heterocycles. The van der Waals surface area contributed by atoms with E-state index in [1.54, 1.807) is 29.6 Å². The quantitative estimate of drug-likeness (QED) is 0.765. The highest BCUT2D eigenvalue weighted by molar-refractivity contribution is 5.84. The fraction of sp³-hybridized carbons (Fsp3) is 0.615. The SMILES string of the molecule is CC1CCN(c2ncnc3c2n(C)c(=O)n3C)CC1. The Balaban J connectivity index is 2.14. The van der Waals surface area contributed by atoms with E-state index in [1.165, 1.54) is 12.8 Å². The molecule has 3 rings (SSSR count). The third kappa shape index (κ3) is 1.82. The molecule has 19 heavy (non-hydrogen) atoms. The summed E-state index contributed by atoms with van der Waals surface area (Å²) >= 11 is 0. The van der Waals surface area contributed by atoms with Crippen LogP contribution in [0.25, 0.3) is 11.2 Å². The zero-order valence-electron chi connectivity index (χ0n) is 11.6. The van der Waals surface area contributed by atoms with Crippen molar-refractivity contribution in [2.24, 2.45) is 20.0 Å². The van der Waals surface area contributed by atoms with Crippen LogP contribution in [-0.2, 0) is 14.1 Å². The van der Waals surface area contributed by atoms with Gasteiger partial charge in [-0.1, -0.05) is 6.92 Å². The second-order valence-electron chi connectivity index (χ2n) is 5.44. The highest BCUT2D eigenvalue weighted by atomic mass is 16.1. The Bertz CT molecular complexity index is 663. The fourth-order valence-electron chi connectivity index (χ4n) is 2.77. The van der Waals surface area contributed by atoms with Crippen LogP contribution in [0.5, 0.6) is 0 Å². The van der Waals surface area contributed by atoms with Crippen LogP contribution in [0.2, 0.25) is 0 Å². The maximum absolute atomic E-state index is 12.0. The van der Waals surface area contributed by atoms with E-state index in [2.05, 4.69) is 21.8 Å². The van der Waals surface area contributed by atoms with Gasteiger partial charge in [0.1, 0.15) is 11.8 Å². The molecule has 6 nitrogen and oxygen atoms in total. The highest BCUT2D eigenvalue weighted by Crippen LogP contribution is 2.26. The number of nitrogens with zero attached hydrogens (tertiary/aromatic N) is 5. The van der Waals surface area contributed by atoms with Crippen molar-refractivity contribution in [3.63, 3.8) is 0 Å². The van der Waals surface area contributed by atoms with Crippen molar-refractivity contribution in [1.82, 2.24) is 19.1 Å². The number of imidazole rings is 1. The summed E-state index contributed by atoms with van der Waals surface area (Å²) in [7, 11) is 3.53. The third-order valence-electron chi connectivity index (χ3n) is 4.09. The van der Waals surface area contributed by atoms with Crippen LogP contribution in [0.4, 0.5) is 5.82 Å². The largest absolute Gasteiger partial charge is 0.355 e. The molecule has 1 aliphatic heterocycles. The summed E-state index contributed by atoms with van der Waals surface area (Å²) in [6.07, 6.45) is 3.90. The number of aryl methyl sites for hydroxylation is 2. The molecule has 0 atom stereocenters. The molecule has 0 N–H and O–H groups in total. The predicted molar refractivity (Wildman–Crippen MR) is 74.4 cm³/mol. The first-order chi connectivity index (χ1) is 9.09. The van der Waals surface area contributed by atoms with Crippen LogP contribution >= 0.6 is 0 Å². The minimum atomic E-state index is -0.0536. The first-order valence-corrected chi connectivity index (χ1v) is 6.71. The predicted octanol–water partition coefficient (Wildman–Crippen LogP) is 0.903. The minimum absolute atomic E-state index is 0.0536. The van der Waals surface area contributed by atoms with E-state index in [1.807, 2.05) is 0 Å². The molecule has 1 fully saturated rings. The van der Waals surface area contributed by atoms with Crippen molar-refractivity contribution in [1.29, 1.82) is 0 Å². The van der Waals surface area contributed by atoms with Gasteiger partial charge in [0, 0.05) is 27.2 Å². The number of fused-ring (bicyclic) bond motifs is 1. The van der Waals surface area contributed by atoms with E-state index in [4.69, 9.17) is 0 Å². The molecule has 2 aromatic rings. The fourth-order valence-corrected chi connectivity index (χ4v) is 2.77. The number of anilines is 1. The molecular formula is C13H19N5O. The van der Waals surface area contributed by atoms with Crippen LogP contribution in [0.3, 0.4) is 0 Å². The maximum Gasteiger partial charge on any atom is 0.329 e. The summed E-state index contributed by atoms with van der Waals surface area (Å²) in [5, 5.41) is 0. The molecule has 0 spiro atoms. The molecule has 0 aromatic carbocycles. The molecule has 0 amide bonds. The van der Waals surface area contributed by atoms with Crippen molar-refractivity contribution < 1.29 is 0 Å². The van der Waals surface area contributed by atoms with E-state index < -0.39 is 0 Å². The van der Waals surface area contributed by atoms with Crippen molar-refractivity contribution in [3.05, 3.63) is 16.8 Å². The van der Waals surface area contributed by atoms with Gasteiger partial charge in [-0.3, -0.25) is 9.13 Å². The second-order valence-corrected chi connectivity index (χ2v) is 5.44. The first kappa shape index (κ1) is 12.2. The van der Waals surface area contributed by atoms with Crippen LogP contribution in [0.1, 0.15) is 19.8 Å². The molecule has 2 aromatic heterocycles. The summed E-state index contributed by atoms with van der Waals surface area (Å²) in [6.45, 7) is 4.28. The zero-order valence-corrected chi connectivity index (χ0v) is 11.6. The Hall–Kier alpha value is -1.85. The Morgan fingerprint density at radius 2 is 1.84 bits per heavy atom. The van der Waals surface area contributed by atoms with E-state index in [0.717, 1.165) is 30.3 Å². The molecule has 1 aliphatic rings. The highest BCUT2D eigenvalue weighted by Gasteiger charge is 2.22. The van der Waals surface area contributed by atoms with Crippen molar-refractivity contribution in [2.75, 3.05) is 18.0 Å². The van der Waals surface area contributed by atoms with Crippen LogP contribution in [0, 0.1) is 5.92 Å². The van der Waals surface area contributed by atoms with E-state index in [9.17, 15) is 4.79 Å². The lowest BCUT2D eigenvalue weighted by Gasteiger charge is -2.31. The maximum atomic E-state index is 12.0. The Morgan fingerprint density at radius 3 is 2.53 bits per heavy atom.